The first kappa shape index (κ1) is 14.3. The van der Waals surface area contributed by atoms with Gasteiger partial charge < -0.3 is 4.52 Å². The van der Waals surface area contributed by atoms with Crippen molar-refractivity contribution in [1.82, 2.24) is 0 Å². The zero-order valence-corrected chi connectivity index (χ0v) is 11.9. The SMILES string of the molecule is CCOP(=O)(OCC)Oc1cccc2c1C(=O)CC2. The summed E-state index contributed by atoms with van der Waals surface area (Å²) in [7, 11) is -3.65. The van der Waals surface area contributed by atoms with Crippen LogP contribution in [-0.2, 0) is 20.0 Å². The van der Waals surface area contributed by atoms with Crippen molar-refractivity contribution in [3.63, 3.8) is 0 Å². The molecule has 0 atom stereocenters. The lowest BCUT2D eigenvalue weighted by Crippen LogP contribution is -2.05. The zero-order chi connectivity index (χ0) is 13.9. The van der Waals surface area contributed by atoms with Crippen molar-refractivity contribution in [3.05, 3.63) is 29.3 Å². The van der Waals surface area contributed by atoms with Gasteiger partial charge in [-0.05, 0) is 31.9 Å². The Morgan fingerprint density at radius 2 is 1.84 bits per heavy atom. The van der Waals surface area contributed by atoms with Gasteiger partial charge in [-0.15, -0.1) is 0 Å². The molecule has 104 valence electrons. The Kier molecular flexibility index (Phi) is 4.40. The van der Waals surface area contributed by atoms with Gasteiger partial charge in [0.05, 0.1) is 18.8 Å². The van der Waals surface area contributed by atoms with Gasteiger partial charge in [0.25, 0.3) is 0 Å². The Morgan fingerprint density at radius 3 is 2.47 bits per heavy atom. The normalized spacial score (nSPS) is 14.5. The Morgan fingerprint density at radius 1 is 1.16 bits per heavy atom. The predicted molar refractivity (Wildman–Crippen MR) is 70.6 cm³/mol. The molecular formula is C13H17O5P. The van der Waals surface area contributed by atoms with Crippen LogP contribution in [0, 0.1) is 0 Å². The lowest BCUT2D eigenvalue weighted by Gasteiger charge is -2.18. The van der Waals surface area contributed by atoms with E-state index < -0.39 is 7.82 Å². The third-order valence-electron chi connectivity index (χ3n) is 2.80. The number of rotatable bonds is 6. The fraction of sp³-hybridized carbons (Fsp3) is 0.462. The molecule has 2 rings (SSSR count). The smallest absolute Gasteiger partial charge is 0.403 e. The summed E-state index contributed by atoms with van der Waals surface area (Å²) in [6.07, 6.45) is 1.15. The molecule has 0 aromatic heterocycles. The van der Waals surface area contributed by atoms with Gasteiger partial charge in [0.2, 0.25) is 0 Å². The van der Waals surface area contributed by atoms with E-state index in [9.17, 15) is 9.36 Å². The number of phosphoric ester groups is 1. The minimum absolute atomic E-state index is 0.00477. The summed E-state index contributed by atoms with van der Waals surface area (Å²) in [5.74, 6) is 0.287. The average molecular weight is 284 g/mol. The largest absolute Gasteiger partial charge is 0.530 e. The molecule has 1 aliphatic rings. The summed E-state index contributed by atoms with van der Waals surface area (Å²) in [6.45, 7) is 3.83. The highest BCUT2D eigenvalue weighted by molar-refractivity contribution is 7.48. The van der Waals surface area contributed by atoms with Crippen LogP contribution in [0.2, 0.25) is 0 Å². The summed E-state index contributed by atoms with van der Waals surface area (Å²) < 4.78 is 27.8. The van der Waals surface area contributed by atoms with Gasteiger partial charge in [-0.1, -0.05) is 12.1 Å². The molecule has 1 aromatic carbocycles. The molecule has 0 spiro atoms. The topological polar surface area (TPSA) is 61.8 Å². The molecule has 0 bridgehead atoms. The number of fused-ring (bicyclic) bond motifs is 1. The lowest BCUT2D eigenvalue weighted by atomic mass is 10.1. The quantitative estimate of drug-likeness (QED) is 0.749. The fourth-order valence-corrected chi connectivity index (χ4v) is 3.28. The van der Waals surface area contributed by atoms with Crippen molar-refractivity contribution in [3.8, 4) is 5.75 Å². The van der Waals surface area contributed by atoms with Gasteiger partial charge in [0, 0.05) is 6.42 Å². The van der Waals surface area contributed by atoms with Crippen LogP contribution in [0.3, 0.4) is 0 Å². The molecule has 1 aliphatic carbocycles. The monoisotopic (exact) mass is 284 g/mol. The third-order valence-corrected chi connectivity index (χ3v) is 4.37. The van der Waals surface area contributed by atoms with Crippen molar-refractivity contribution in [2.45, 2.75) is 26.7 Å². The van der Waals surface area contributed by atoms with E-state index in [-0.39, 0.29) is 24.7 Å². The van der Waals surface area contributed by atoms with Crippen molar-refractivity contribution >= 4 is 13.6 Å². The van der Waals surface area contributed by atoms with E-state index in [0.29, 0.717) is 18.4 Å². The minimum Gasteiger partial charge on any atom is -0.403 e. The molecule has 5 nitrogen and oxygen atoms in total. The Bertz CT molecular complexity index is 516. The number of carbonyl (C=O) groups is 1. The molecule has 0 radical (unpaired) electrons. The summed E-state index contributed by atoms with van der Waals surface area (Å²) in [5, 5.41) is 0. The molecule has 0 heterocycles. The van der Waals surface area contributed by atoms with Crippen molar-refractivity contribution < 1.29 is 22.9 Å². The summed E-state index contributed by atoms with van der Waals surface area (Å²) in [4.78, 5) is 11.8. The van der Waals surface area contributed by atoms with E-state index >= 15 is 0 Å². The Hall–Kier alpha value is -1.16. The van der Waals surface area contributed by atoms with E-state index in [4.69, 9.17) is 13.6 Å². The van der Waals surface area contributed by atoms with Gasteiger partial charge in [-0.2, -0.15) is 0 Å². The van der Waals surface area contributed by atoms with Crippen molar-refractivity contribution in [2.24, 2.45) is 0 Å². The fourth-order valence-electron chi connectivity index (χ4n) is 2.08. The maximum absolute atomic E-state index is 12.3. The number of phosphoric acid groups is 1. The first-order valence-corrected chi connectivity index (χ1v) is 7.79. The number of ketones is 1. The van der Waals surface area contributed by atoms with Crippen LogP contribution < -0.4 is 4.52 Å². The van der Waals surface area contributed by atoms with E-state index in [1.165, 1.54) is 0 Å². The standard InChI is InChI=1S/C13H17O5P/c1-3-16-19(15,17-4-2)18-12-7-5-6-10-8-9-11(14)13(10)12/h5-7H,3-4,8-9H2,1-2H3. The predicted octanol–water partition coefficient (Wildman–Crippen LogP) is 3.38. The van der Waals surface area contributed by atoms with Crippen LogP contribution in [0.1, 0.15) is 36.2 Å². The number of Topliss-reactive ketones (excluding diaryl/α,β-unsaturated/α-hetero) is 1. The molecule has 0 fully saturated rings. The van der Waals surface area contributed by atoms with Crippen LogP contribution in [0.15, 0.2) is 18.2 Å². The van der Waals surface area contributed by atoms with E-state index in [0.717, 1.165) is 5.56 Å². The number of hydrogen-bond acceptors (Lipinski definition) is 5. The Labute approximate surface area is 112 Å². The molecule has 0 saturated heterocycles. The lowest BCUT2D eigenvalue weighted by molar-refractivity contribution is 0.0992. The van der Waals surface area contributed by atoms with Gasteiger partial charge in [-0.25, -0.2) is 4.57 Å². The van der Waals surface area contributed by atoms with Gasteiger partial charge >= 0.3 is 7.82 Å². The van der Waals surface area contributed by atoms with Crippen molar-refractivity contribution in [1.29, 1.82) is 0 Å². The molecule has 6 heteroatoms. The maximum atomic E-state index is 12.3. The highest BCUT2D eigenvalue weighted by Gasteiger charge is 2.31. The molecule has 0 N–H and O–H groups in total. The van der Waals surface area contributed by atoms with E-state index in [1.807, 2.05) is 6.07 Å². The summed E-state index contributed by atoms with van der Waals surface area (Å²) in [6, 6.07) is 5.26. The van der Waals surface area contributed by atoms with E-state index in [1.54, 1.807) is 26.0 Å². The van der Waals surface area contributed by atoms with Crippen molar-refractivity contribution in [2.75, 3.05) is 13.2 Å². The van der Waals surface area contributed by atoms with Crippen LogP contribution >= 0.6 is 7.82 Å². The molecule has 19 heavy (non-hydrogen) atoms. The average Bonchev–Trinajstić information content (AvgIpc) is 2.73. The summed E-state index contributed by atoms with van der Waals surface area (Å²) in [5.41, 5.74) is 1.42. The van der Waals surface area contributed by atoms with Gasteiger partial charge in [-0.3, -0.25) is 13.8 Å². The second kappa shape index (κ2) is 5.87. The van der Waals surface area contributed by atoms with Gasteiger partial charge in [0.1, 0.15) is 5.75 Å². The van der Waals surface area contributed by atoms with E-state index in [2.05, 4.69) is 0 Å². The van der Waals surface area contributed by atoms with Crippen LogP contribution in [-0.4, -0.2) is 19.0 Å². The number of aryl methyl sites for hydroxylation is 1. The third kappa shape index (κ3) is 3.06. The first-order valence-electron chi connectivity index (χ1n) is 6.33. The Balaban J connectivity index is 2.30. The highest BCUT2D eigenvalue weighted by Crippen LogP contribution is 2.50. The molecular weight excluding hydrogens is 267 g/mol. The molecule has 0 amide bonds. The molecule has 1 aromatic rings. The number of benzene rings is 1. The molecule has 0 aliphatic heterocycles. The zero-order valence-electron chi connectivity index (χ0n) is 11.0. The molecule has 0 saturated carbocycles. The van der Waals surface area contributed by atoms with Crippen LogP contribution in [0.25, 0.3) is 0 Å². The first-order chi connectivity index (χ1) is 9.09. The number of hydrogen-bond donors (Lipinski definition) is 0. The van der Waals surface area contributed by atoms with Gasteiger partial charge in [0.15, 0.2) is 5.78 Å². The van der Waals surface area contributed by atoms with Crippen LogP contribution in [0.5, 0.6) is 5.75 Å². The maximum Gasteiger partial charge on any atom is 0.530 e. The van der Waals surface area contributed by atoms with Crippen LogP contribution in [0.4, 0.5) is 0 Å². The highest BCUT2D eigenvalue weighted by atomic mass is 31.2. The number of carbonyl (C=O) groups excluding carboxylic acids is 1. The second-order valence-electron chi connectivity index (χ2n) is 4.09. The molecule has 0 unspecified atom stereocenters. The summed E-state index contributed by atoms with van der Waals surface area (Å²) >= 11 is 0. The minimum atomic E-state index is -3.65. The second-order valence-corrected chi connectivity index (χ2v) is 5.68.